The molecule has 7 nitrogen and oxygen atoms in total. The molecular weight excluding hydrogens is 318 g/mol. The van der Waals surface area contributed by atoms with Gasteiger partial charge in [-0.3, -0.25) is 10.1 Å². The fraction of sp³-hybridized carbons (Fsp3) is 0.417. The third kappa shape index (κ3) is 3.91. The molecule has 21 heavy (non-hydrogen) atoms. The summed E-state index contributed by atoms with van der Waals surface area (Å²) >= 11 is 5.85. The van der Waals surface area contributed by atoms with Crippen LogP contribution >= 0.6 is 11.6 Å². The first-order chi connectivity index (χ1) is 9.73. The average molecular weight is 332 g/mol. The SMILES string of the molecule is CCN(CC(C)C#N)S(=O)(=O)c1ccc([N+](=O)[O-])cc1Cl. The van der Waals surface area contributed by atoms with E-state index < -0.39 is 20.9 Å². The highest BCUT2D eigenvalue weighted by atomic mass is 35.5. The summed E-state index contributed by atoms with van der Waals surface area (Å²) in [5.41, 5.74) is -0.285. The molecule has 1 unspecified atom stereocenters. The van der Waals surface area contributed by atoms with Crippen LogP contribution < -0.4 is 0 Å². The molecule has 1 atom stereocenters. The lowest BCUT2D eigenvalue weighted by Crippen LogP contribution is -2.34. The summed E-state index contributed by atoms with van der Waals surface area (Å²) in [4.78, 5) is 9.78. The Morgan fingerprint density at radius 2 is 2.14 bits per heavy atom. The molecule has 1 aromatic rings. The molecule has 0 radical (unpaired) electrons. The number of nitro groups is 1. The molecule has 0 fully saturated rings. The van der Waals surface area contributed by atoms with Gasteiger partial charge >= 0.3 is 0 Å². The Kier molecular flexibility index (Phi) is 5.66. The van der Waals surface area contributed by atoms with Crippen LogP contribution in [0.1, 0.15) is 13.8 Å². The molecule has 114 valence electrons. The Labute approximate surface area is 127 Å². The first-order valence-corrected chi connectivity index (χ1v) is 7.89. The zero-order valence-corrected chi connectivity index (χ0v) is 13.1. The Balaban J connectivity index is 3.23. The zero-order chi connectivity index (χ0) is 16.2. The number of nitriles is 1. The molecule has 0 aliphatic heterocycles. The van der Waals surface area contributed by atoms with Gasteiger partial charge in [0, 0.05) is 25.2 Å². The quantitative estimate of drug-likeness (QED) is 0.588. The molecule has 0 heterocycles. The Morgan fingerprint density at radius 1 is 1.52 bits per heavy atom. The maximum absolute atomic E-state index is 12.5. The number of nitro benzene ring substituents is 1. The lowest BCUT2D eigenvalue weighted by atomic mass is 10.2. The molecule has 0 amide bonds. The van der Waals surface area contributed by atoms with Crippen LogP contribution in [0.2, 0.25) is 5.02 Å². The molecule has 1 aromatic carbocycles. The van der Waals surface area contributed by atoms with Gasteiger partial charge in [-0.25, -0.2) is 8.42 Å². The van der Waals surface area contributed by atoms with Gasteiger partial charge in [-0.1, -0.05) is 18.5 Å². The zero-order valence-electron chi connectivity index (χ0n) is 11.5. The standard InChI is InChI=1S/C12H14ClN3O4S/c1-3-15(8-9(2)7-14)21(19,20)12-5-4-10(16(17)18)6-11(12)13/h4-6,9H,3,8H2,1-2H3. The molecule has 0 aliphatic rings. The topological polar surface area (TPSA) is 104 Å². The summed E-state index contributed by atoms with van der Waals surface area (Å²) < 4.78 is 26.1. The molecule has 9 heteroatoms. The van der Waals surface area contributed by atoms with Gasteiger partial charge in [-0.2, -0.15) is 9.57 Å². The largest absolute Gasteiger partial charge is 0.271 e. The van der Waals surface area contributed by atoms with E-state index in [0.29, 0.717) is 0 Å². The van der Waals surface area contributed by atoms with E-state index in [1.165, 1.54) is 0 Å². The van der Waals surface area contributed by atoms with E-state index in [1.54, 1.807) is 13.8 Å². The number of hydrogen-bond donors (Lipinski definition) is 0. The second-order valence-electron chi connectivity index (χ2n) is 4.36. The predicted molar refractivity (Wildman–Crippen MR) is 77.3 cm³/mol. The van der Waals surface area contributed by atoms with E-state index >= 15 is 0 Å². The third-order valence-electron chi connectivity index (χ3n) is 2.79. The van der Waals surface area contributed by atoms with Crippen molar-refractivity contribution in [1.29, 1.82) is 5.26 Å². The first kappa shape index (κ1) is 17.4. The van der Waals surface area contributed by atoms with Gasteiger partial charge < -0.3 is 0 Å². The summed E-state index contributed by atoms with van der Waals surface area (Å²) in [6.07, 6.45) is 0. The fourth-order valence-electron chi connectivity index (χ4n) is 1.70. The van der Waals surface area contributed by atoms with Gasteiger partial charge in [-0.15, -0.1) is 0 Å². The van der Waals surface area contributed by atoms with Crippen LogP contribution in [-0.4, -0.2) is 30.7 Å². The van der Waals surface area contributed by atoms with Crippen molar-refractivity contribution < 1.29 is 13.3 Å². The van der Waals surface area contributed by atoms with Crippen LogP contribution in [0, 0.1) is 27.4 Å². The van der Waals surface area contributed by atoms with Gasteiger partial charge in [0.25, 0.3) is 5.69 Å². The third-order valence-corrected chi connectivity index (χ3v) is 5.22. The summed E-state index contributed by atoms with van der Waals surface area (Å²) in [6.45, 7) is 3.45. The van der Waals surface area contributed by atoms with Gasteiger partial charge in [0.2, 0.25) is 10.0 Å². The highest BCUT2D eigenvalue weighted by molar-refractivity contribution is 7.89. The highest BCUT2D eigenvalue weighted by Gasteiger charge is 2.27. The minimum absolute atomic E-state index is 0.0304. The van der Waals surface area contributed by atoms with E-state index in [4.69, 9.17) is 16.9 Å². The van der Waals surface area contributed by atoms with Crippen LogP contribution in [-0.2, 0) is 10.0 Å². The summed E-state index contributed by atoms with van der Waals surface area (Å²) in [6, 6.07) is 5.15. The Morgan fingerprint density at radius 3 is 2.57 bits per heavy atom. The minimum atomic E-state index is -3.90. The summed E-state index contributed by atoms with van der Waals surface area (Å²) in [5, 5.41) is 19.2. The molecule has 1 rings (SSSR count). The van der Waals surface area contributed by atoms with E-state index in [0.717, 1.165) is 22.5 Å². The average Bonchev–Trinajstić information content (AvgIpc) is 2.43. The number of benzene rings is 1. The van der Waals surface area contributed by atoms with Crippen LogP contribution in [0.5, 0.6) is 0 Å². The molecule has 0 saturated carbocycles. The number of hydrogen-bond acceptors (Lipinski definition) is 5. The second kappa shape index (κ2) is 6.85. The first-order valence-electron chi connectivity index (χ1n) is 6.07. The number of rotatable bonds is 6. The van der Waals surface area contributed by atoms with Crippen molar-refractivity contribution in [2.45, 2.75) is 18.7 Å². The van der Waals surface area contributed by atoms with Gasteiger partial charge in [0.1, 0.15) is 4.90 Å². The molecular formula is C12H14ClN3O4S. The normalized spacial score (nSPS) is 12.9. The van der Waals surface area contributed by atoms with E-state index in [1.807, 2.05) is 6.07 Å². The van der Waals surface area contributed by atoms with Crippen LogP contribution in [0.3, 0.4) is 0 Å². The van der Waals surface area contributed by atoms with Crippen molar-refractivity contribution in [2.75, 3.05) is 13.1 Å². The van der Waals surface area contributed by atoms with E-state index in [-0.39, 0.29) is 28.7 Å². The Hall–Kier alpha value is -1.69. The number of halogens is 1. The smallest absolute Gasteiger partial charge is 0.258 e. The van der Waals surface area contributed by atoms with Crippen LogP contribution in [0.25, 0.3) is 0 Å². The highest BCUT2D eigenvalue weighted by Crippen LogP contribution is 2.28. The van der Waals surface area contributed by atoms with Crippen molar-refractivity contribution in [2.24, 2.45) is 5.92 Å². The number of non-ortho nitro benzene ring substituents is 1. The number of sulfonamides is 1. The van der Waals surface area contributed by atoms with Crippen molar-refractivity contribution >= 4 is 27.3 Å². The van der Waals surface area contributed by atoms with Crippen molar-refractivity contribution in [3.8, 4) is 6.07 Å². The van der Waals surface area contributed by atoms with Gasteiger partial charge in [-0.05, 0) is 13.0 Å². The molecule has 0 saturated heterocycles. The maximum atomic E-state index is 12.5. The lowest BCUT2D eigenvalue weighted by Gasteiger charge is -2.21. The summed E-state index contributed by atoms with van der Waals surface area (Å²) in [5.74, 6) is -0.475. The van der Waals surface area contributed by atoms with Gasteiger partial charge in [0.05, 0.1) is 21.9 Å². The lowest BCUT2D eigenvalue weighted by molar-refractivity contribution is -0.384. The summed E-state index contributed by atoms with van der Waals surface area (Å²) in [7, 11) is -3.90. The van der Waals surface area contributed by atoms with E-state index in [2.05, 4.69) is 0 Å². The van der Waals surface area contributed by atoms with Crippen molar-refractivity contribution in [3.05, 3.63) is 33.3 Å². The second-order valence-corrected chi connectivity index (χ2v) is 6.67. The predicted octanol–water partition coefficient (Wildman–Crippen LogP) is 2.42. The fourth-order valence-corrected chi connectivity index (χ4v) is 3.75. The maximum Gasteiger partial charge on any atom is 0.271 e. The molecule has 0 bridgehead atoms. The Bertz CT molecular complexity index is 684. The van der Waals surface area contributed by atoms with Crippen LogP contribution in [0.15, 0.2) is 23.1 Å². The van der Waals surface area contributed by atoms with Crippen molar-refractivity contribution in [1.82, 2.24) is 4.31 Å². The van der Waals surface area contributed by atoms with Crippen LogP contribution in [0.4, 0.5) is 5.69 Å². The number of nitrogens with zero attached hydrogens (tertiary/aromatic N) is 3. The van der Waals surface area contributed by atoms with Gasteiger partial charge in [0.15, 0.2) is 0 Å². The molecule has 0 aliphatic carbocycles. The molecule has 0 spiro atoms. The molecule has 0 aromatic heterocycles. The van der Waals surface area contributed by atoms with E-state index in [9.17, 15) is 18.5 Å². The molecule has 0 N–H and O–H groups in total. The minimum Gasteiger partial charge on any atom is -0.258 e. The van der Waals surface area contributed by atoms with Crippen molar-refractivity contribution in [3.63, 3.8) is 0 Å². The monoisotopic (exact) mass is 331 g/mol.